The summed E-state index contributed by atoms with van der Waals surface area (Å²) < 4.78 is 13.0. The lowest BCUT2D eigenvalue weighted by Crippen LogP contribution is -2.48. The Morgan fingerprint density at radius 2 is 2.04 bits per heavy atom. The fourth-order valence-corrected chi connectivity index (χ4v) is 4.10. The summed E-state index contributed by atoms with van der Waals surface area (Å²) in [6, 6.07) is 8.03. The third kappa shape index (κ3) is 4.34. The van der Waals surface area contributed by atoms with Gasteiger partial charge < -0.3 is 18.9 Å². The van der Waals surface area contributed by atoms with Crippen LogP contribution in [-0.2, 0) is 20.8 Å². The molecule has 0 saturated carbocycles. The minimum atomic E-state index is 0.0870. The molecule has 136 valence electrons. The molecule has 0 spiro atoms. The van der Waals surface area contributed by atoms with Gasteiger partial charge in [-0.3, -0.25) is 4.79 Å². The van der Waals surface area contributed by atoms with Gasteiger partial charge in [-0.15, -0.1) is 0 Å². The van der Waals surface area contributed by atoms with Gasteiger partial charge in [0.05, 0.1) is 35.6 Å². The highest BCUT2D eigenvalue weighted by Gasteiger charge is 2.26. The topological polar surface area (TPSA) is 56.6 Å². The van der Waals surface area contributed by atoms with Gasteiger partial charge in [-0.05, 0) is 26.0 Å². The first-order valence-electron chi connectivity index (χ1n) is 8.58. The van der Waals surface area contributed by atoms with Gasteiger partial charge in [0.25, 0.3) is 0 Å². The number of rotatable bonds is 6. The van der Waals surface area contributed by atoms with Gasteiger partial charge in [0.2, 0.25) is 5.91 Å². The van der Waals surface area contributed by atoms with Crippen LogP contribution in [0.1, 0.15) is 13.8 Å². The fourth-order valence-electron chi connectivity index (χ4n) is 3.16. The van der Waals surface area contributed by atoms with Gasteiger partial charge in [-0.2, -0.15) is 0 Å². The number of amides is 1. The first-order chi connectivity index (χ1) is 12.1. The van der Waals surface area contributed by atoms with Gasteiger partial charge >= 0.3 is 0 Å². The predicted molar refractivity (Wildman–Crippen MR) is 98.9 cm³/mol. The number of carbonyl (C=O) groups excluding carboxylic acids is 1. The van der Waals surface area contributed by atoms with Gasteiger partial charge in [0.1, 0.15) is 0 Å². The molecule has 1 aliphatic rings. The Morgan fingerprint density at radius 1 is 1.32 bits per heavy atom. The SMILES string of the molecule is COCCn1c(SCC(=O)N2CC(C)OC(C)C2)nc2ccccc21. The number of ether oxygens (including phenoxy) is 2. The molecule has 2 aromatic rings. The number of benzene rings is 1. The van der Waals surface area contributed by atoms with Crippen molar-refractivity contribution in [3.8, 4) is 0 Å². The number of hydrogen-bond acceptors (Lipinski definition) is 5. The molecule has 2 unspecified atom stereocenters. The van der Waals surface area contributed by atoms with E-state index in [1.165, 1.54) is 11.8 Å². The number of para-hydroxylation sites is 2. The van der Waals surface area contributed by atoms with Crippen LogP contribution in [-0.4, -0.2) is 65.1 Å². The summed E-state index contributed by atoms with van der Waals surface area (Å²) in [5.74, 6) is 0.521. The van der Waals surface area contributed by atoms with Crippen LogP contribution >= 0.6 is 11.8 Å². The molecule has 2 heterocycles. The highest BCUT2D eigenvalue weighted by molar-refractivity contribution is 7.99. The van der Waals surface area contributed by atoms with E-state index in [0.29, 0.717) is 25.4 Å². The van der Waals surface area contributed by atoms with Crippen molar-refractivity contribution in [2.24, 2.45) is 0 Å². The number of nitrogens with zero attached hydrogens (tertiary/aromatic N) is 3. The molecule has 0 aliphatic carbocycles. The summed E-state index contributed by atoms with van der Waals surface area (Å²) in [5, 5.41) is 0.862. The zero-order chi connectivity index (χ0) is 17.8. The first kappa shape index (κ1) is 18.2. The summed E-state index contributed by atoms with van der Waals surface area (Å²) in [6.07, 6.45) is 0.174. The van der Waals surface area contributed by atoms with Crippen molar-refractivity contribution in [2.45, 2.75) is 37.8 Å². The number of thioether (sulfide) groups is 1. The quantitative estimate of drug-likeness (QED) is 0.738. The van der Waals surface area contributed by atoms with Crippen LogP contribution in [0.15, 0.2) is 29.4 Å². The van der Waals surface area contributed by atoms with E-state index in [1.807, 2.05) is 36.9 Å². The van der Waals surface area contributed by atoms with Gasteiger partial charge in [0, 0.05) is 26.7 Å². The second-order valence-electron chi connectivity index (χ2n) is 6.37. The van der Waals surface area contributed by atoms with Crippen molar-refractivity contribution >= 4 is 28.7 Å². The molecule has 1 amide bonds. The fraction of sp³-hybridized carbons (Fsp3) is 0.556. The molecule has 0 bridgehead atoms. The molecule has 1 aromatic heterocycles. The van der Waals surface area contributed by atoms with E-state index >= 15 is 0 Å². The Morgan fingerprint density at radius 3 is 2.76 bits per heavy atom. The van der Waals surface area contributed by atoms with Crippen LogP contribution in [0.2, 0.25) is 0 Å². The lowest BCUT2D eigenvalue weighted by atomic mass is 10.2. The molecule has 1 aliphatic heterocycles. The average molecular weight is 363 g/mol. The Bertz CT molecular complexity index is 723. The number of fused-ring (bicyclic) bond motifs is 1. The van der Waals surface area contributed by atoms with Crippen molar-refractivity contribution in [3.05, 3.63) is 24.3 Å². The predicted octanol–water partition coefficient (Wildman–Crippen LogP) is 2.41. The van der Waals surface area contributed by atoms with Crippen molar-refractivity contribution in [1.29, 1.82) is 0 Å². The van der Waals surface area contributed by atoms with Crippen molar-refractivity contribution in [1.82, 2.24) is 14.5 Å². The Hall–Kier alpha value is -1.57. The molecule has 1 fully saturated rings. The van der Waals surface area contributed by atoms with E-state index in [0.717, 1.165) is 22.7 Å². The van der Waals surface area contributed by atoms with E-state index in [2.05, 4.69) is 15.6 Å². The van der Waals surface area contributed by atoms with E-state index in [-0.39, 0.29) is 18.1 Å². The Kier molecular flexibility index (Phi) is 5.98. The normalized spacial score (nSPS) is 21.0. The van der Waals surface area contributed by atoms with E-state index in [9.17, 15) is 4.79 Å². The second-order valence-corrected chi connectivity index (χ2v) is 7.31. The minimum Gasteiger partial charge on any atom is -0.383 e. The lowest BCUT2D eigenvalue weighted by molar-refractivity contribution is -0.140. The monoisotopic (exact) mass is 363 g/mol. The summed E-state index contributed by atoms with van der Waals surface area (Å²) in [7, 11) is 1.69. The number of carbonyl (C=O) groups is 1. The summed E-state index contributed by atoms with van der Waals surface area (Å²) in [6.45, 7) is 6.66. The van der Waals surface area contributed by atoms with Crippen LogP contribution in [0.4, 0.5) is 0 Å². The van der Waals surface area contributed by atoms with Gasteiger partial charge in [-0.25, -0.2) is 4.98 Å². The average Bonchev–Trinajstić information content (AvgIpc) is 2.94. The first-order valence-corrected chi connectivity index (χ1v) is 9.57. The maximum atomic E-state index is 12.6. The van der Waals surface area contributed by atoms with E-state index < -0.39 is 0 Å². The molecule has 0 N–H and O–H groups in total. The van der Waals surface area contributed by atoms with E-state index in [1.54, 1.807) is 7.11 Å². The summed E-state index contributed by atoms with van der Waals surface area (Å²) in [4.78, 5) is 19.2. The highest BCUT2D eigenvalue weighted by atomic mass is 32.2. The Labute approximate surface area is 152 Å². The van der Waals surface area contributed by atoms with Gasteiger partial charge in [0.15, 0.2) is 5.16 Å². The van der Waals surface area contributed by atoms with Crippen LogP contribution in [0.3, 0.4) is 0 Å². The number of morpholine rings is 1. The maximum Gasteiger partial charge on any atom is 0.233 e. The highest BCUT2D eigenvalue weighted by Crippen LogP contribution is 2.24. The minimum absolute atomic E-state index is 0.0870. The van der Waals surface area contributed by atoms with Crippen molar-refractivity contribution in [2.75, 3.05) is 32.6 Å². The van der Waals surface area contributed by atoms with Gasteiger partial charge in [-0.1, -0.05) is 23.9 Å². The summed E-state index contributed by atoms with van der Waals surface area (Å²) in [5.41, 5.74) is 2.02. The molecule has 25 heavy (non-hydrogen) atoms. The number of aromatic nitrogens is 2. The Balaban J connectivity index is 1.70. The molecule has 7 heteroatoms. The molecule has 1 aromatic carbocycles. The number of imidazole rings is 1. The number of methoxy groups -OCH3 is 1. The smallest absolute Gasteiger partial charge is 0.233 e. The third-order valence-corrected chi connectivity index (χ3v) is 5.20. The molecule has 0 radical (unpaired) electrons. The molecule has 2 atom stereocenters. The summed E-state index contributed by atoms with van der Waals surface area (Å²) >= 11 is 1.49. The van der Waals surface area contributed by atoms with Crippen LogP contribution in [0.5, 0.6) is 0 Å². The molecular weight excluding hydrogens is 338 g/mol. The van der Waals surface area contributed by atoms with Crippen molar-refractivity contribution in [3.63, 3.8) is 0 Å². The third-order valence-electron chi connectivity index (χ3n) is 4.24. The second kappa shape index (κ2) is 8.21. The zero-order valence-electron chi connectivity index (χ0n) is 15.0. The maximum absolute atomic E-state index is 12.6. The molecular formula is C18H25N3O3S. The number of hydrogen-bond donors (Lipinski definition) is 0. The lowest BCUT2D eigenvalue weighted by Gasteiger charge is -2.35. The van der Waals surface area contributed by atoms with Crippen LogP contribution in [0, 0.1) is 0 Å². The van der Waals surface area contributed by atoms with E-state index in [4.69, 9.17) is 9.47 Å². The standard InChI is InChI=1S/C18H25N3O3S/c1-13-10-20(11-14(2)24-13)17(22)12-25-18-19-15-6-4-5-7-16(15)21(18)8-9-23-3/h4-7,13-14H,8-12H2,1-3H3. The largest absolute Gasteiger partial charge is 0.383 e. The van der Waals surface area contributed by atoms with Crippen LogP contribution in [0.25, 0.3) is 11.0 Å². The van der Waals surface area contributed by atoms with Crippen LogP contribution < -0.4 is 0 Å². The molecule has 3 rings (SSSR count). The van der Waals surface area contributed by atoms with Crippen molar-refractivity contribution < 1.29 is 14.3 Å². The zero-order valence-corrected chi connectivity index (χ0v) is 15.8. The molecule has 6 nitrogen and oxygen atoms in total. The molecule has 1 saturated heterocycles.